The summed E-state index contributed by atoms with van der Waals surface area (Å²) in [5.41, 5.74) is 0. The fourth-order valence-corrected chi connectivity index (χ4v) is 11.0. The van der Waals surface area contributed by atoms with E-state index in [2.05, 4.69) is 86.8 Å². The molecule has 0 fully saturated rings. The molecule has 1 N–H and O–H groups in total. The summed E-state index contributed by atoms with van der Waals surface area (Å²) >= 11 is 0. The van der Waals surface area contributed by atoms with E-state index in [1.165, 1.54) is 212 Å². The third-order valence-electron chi connectivity index (χ3n) is 15.9. The fraction of sp³-hybridized carbons (Fsp3) is 0.811. The molecule has 0 aliphatic rings. The van der Waals surface area contributed by atoms with Crippen molar-refractivity contribution in [2.24, 2.45) is 0 Å². The molecule has 9 nitrogen and oxygen atoms in total. The minimum Gasteiger partial charge on any atom is -0.756 e. The molecule has 0 heterocycles. The molecule has 0 aromatic heterocycles. The molecule has 0 aliphatic heterocycles. The highest BCUT2D eigenvalue weighted by molar-refractivity contribution is 7.45. The minimum atomic E-state index is -4.71. The first-order chi connectivity index (χ1) is 40.9. The Morgan fingerprint density at radius 3 is 1.11 bits per heavy atom. The van der Waals surface area contributed by atoms with Gasteiger partial charge in [0.1, 0.15) is 19.3 Å². The monoisotopic (exact) mass is 1200 g/mol. The summed E-state index contributed by atoms with van der Waals surface area (Å²) < 4.78 is 30.4. The van der Waals surface area contributed by atoms with Crippen LogP contribution < -0.4 is 10.2 Å². The van der Waals surface area contributed by atoms with Crippen molar-refractivity contribution in [1.82, 2.24) is 5.32 Å². The largest absolute Gasteiger partial charge is 0.756 e. The van der Waals surface area contributed by atoms with Crippen molar-refractivity contribution in [2.75, 3.05) is 40.9 Å². The Labute approximate surface area is 521 Å². The third kappa shape index (κ3) is 63.9. The number of carbonyl (C=O) groups excluding carboxylic acids is 2. The second-order valence-corrected chi connectivity index (χ2v) is 26.8. The van der Waals surface area contributed by atoms with Crippen LogP contribution in [-0.2, 0) is 27.9 Å². The van der Waals surface area contributed by atoms with Crippen molar-refractivity contribution in [2.45, 2.75) is 348 Å². The van der Waals surface area contributed by atoms with Crippen molar-refractivity contribution in [3.05, 3.63) is 72.9 Å². The number of hydrogen-bond acceptors (Lipinski definition) is 7. The number of rotatable bonds is 65. The molecule has 1 amide bonds. The molecule has 490 valence electrons. The molecule has 0 aliphatic carbocycles. The maximum atomic E-state index is 13.6. The zero-order valence-electron chi connectivity index (χ0n) is 56.1. The predicted octanol–water partition coefficient (Wildman–Crippen LogP) is 22.1. The van der Waals surface area contributed by atoms with Gasteiger partial charge in [0.15, 0.2) is 0 Å². The maximum absolute atomic E-state index is 13.6. The fourth-order valence-electron chi connectivity index (χ4n) is 10.3. The number of quaternary nitrogens is 1. The summed E-state index contributed by atoms with van der Waals surface area (Å²) in [5.74, 6) is -0.545. The molecular formula is C74H137N2O7P. The standard InChI is InChI=1S/C74H137N2O7P/c1-7-10-13-16-19-22-25-28-30-32-34-35-36-37-38-39-40-41-43-44-46-48-51-54-57-60-63-66-73(77)75-71(70-82-84(79,80)81-69-68-76(4,5)6)72(65-62-59-56-53-50-27-24-21-18-15-12-9-3)83-74(78)67-64-61-58-55-52-49-47-45-42-33-31-29-26-23-20-17-14-11-8-2/h19-20,22-23,28-31,42,45,62,65,71-72H,7-18,21,24-27,32-41,43-44,46-61,63-64,66-70H2,1-6H3,(H-,75,77,79,80)/b22-19-,23-20-,30-28-,31-29-,45-42-,65-62-. The normalized spacial score (nSPS) is 13.9. The number of carbonyl (C=O) groups is 2. The zero-order chi connectivity index (χ0) is 61.4. The van der Waals surface area contributed by atoms with Crippen LogP contribution in [-0.4, -0.2) is 69.4 Å². The lowest BCUT2D eigenvalue weighted by Gasteiger charge is -2.30. The van der Waals surface area contributed by atoms with Gasteiger partial charge in [0.05, 0.1) is 33.8 Å². The van der Waals surface area contributed by atoms with Crippen LogP contribution in [0.25, 0.3) is 0 Å². The SMILES string of the molecule is CCCCC/C=C\C/C=C\C/C=C\CCCCCCCCC(=O)OC(/C=C\CCCCCCCCCCCC)C(COP(=O)([O-])OCC[N+](C)(C)C)NC(=O)CCCCCCCCCCCCCCCCCCC/C=C\C/C=C\CCCCC. The predicted molar refractivity (Wildman–Crippen MR) is 362 cm³/mol. The molecule has 3 unspecified atom stereocenters. The molecule has 0 aromatic carbocycles. The number of nitrogens with one attached hydrogen (secondary N) is 1. The van der Waals surface area contributed by atoms with Gasteiger partial charge < -0.3 is 28.5 Å². The molecular weight excluding hydrogens is 1060 g/mol. The quantitative estimate of drug-likeness (QED) is 0.0212. The molecule has 0 aromatic rings. The van der Waals surface area contributed by atoms with Crippen LogP contribution in [0.2, 0.25) is 0 Å². The minimum absolute atomic E-state index is 0.0253. The van der Waals surface area contributed by atoms with Crippen molar-refractivity contribution in [1.29, 1.82) is 0 Å². The van der Waals surface area contributed by atoms with Gasteiger partial charge in [-0.05, 0) is 102 Å². The average Bonchev–Trinajstić information content (AvgIpc) is 3.65. The Kier molecular flexibility index (Phi) is 61.5. The highest BCUT2D eigenvalue weighted by atomic mass is 31.2. The molecule has 0 rings (SSSR count). The van der Waals surface area contributed by atoms with E-state index in [1.54, 1.807) is 0 Å². The molecule has 10 heteroatoms. The topological polar surface area (TPSA) is 114 Å². The van der Waals surface area contributed by atoms with Gasteiger partial charge >= 0.3 is 5.97 Å². The number of allylic oxidation sites excluding steroid dienone is 11. The Balaban J connectivity index is 5.03. The van der Waals surface area contributed by atoms with E-state index in [-0.39, 0.29) is 24.9 Å². The number of nitrogens with zero attached hydrogens (tertiary/aromatic N) is 1. The summed E-state index contributed by atoms with van der Waals surface area (Å²) in [6, 6.07) is -0.896. The first-order valence-electron chi connectivity index (χ1n) is 35.7. The summed E-state index contributed by atoms with van der Waals surface area (Å²) in [6.45, 7) is 6.82. The summed E-state index contributed by atoms with van der Waals surface area (Å²) in [5, 5.41) is 3.04. The lowest BCUT2D eigenvalue weighted by molar-refractivity contribution is -0.870. The van der Waals surface area contributed by atoms with Crippen LogP contribution in [0, 0.1) is 0 Å². The van der Waals surface area contributed by atoms with Gasteiger partial charge in [-0.15, -0.1) is 0 Å². The molecule has 3 atom stereocenters. The number of ether oxygens (including phenoxy) is 1. The van der Waals surface area contributed by atoms with Crippen molar-refractivity contribution >= 4 is 19.7 Å². The smallest absolute Gasteiger partial charge is 0.306 e. The van der Waals surface area contributed by atoms with Crippen molar-refractivity contribution in [3.63, 3.8) is 0 Å². The Morgan fingerprint density at radius 1 is 0.417 bits per heavy atom. The molecule has 0 saturated heterocycles. The number of hydrogen-bond donors (Lipinski definition) is 1. The zero-order valence-corrected chi connectivity index (χ0v) is 57.0. The van der Waals surface area contributed by atoms with Gasteiger partial charge in [-0.25, -0.2) is 0 Å². The molecule has 0 bridgehead atoms. The highest BCUT2D eigenvalue weighted by Gasteiger charge is 2.27. The molecule has 0 radical (unpaired) electrons. The Morgan fingerprint density at radius 2 is 0.726 bits per heavy atom. The van der Waals surface area contributed by atoms with E-state index in [4.69, 9.17) is 13.8 Å². The molecule has 0 saturated carbocycles. The molecule has 0 spiro atoms. The third-order valence-corrected chi connectivity index (χ3v) is 16.8. The van der Waals surface area contributed by atoms with E-state index in [0.29, 0.717) is 17.4 Å². The van der Waals surface area contributed by atoms with E-state index in [9.17, 15) is 19.0 Å². The van der Waals surface area contributed by atoms with Crippen LogP contribution in [0.4, 0.5) is 0 Å². The summed E-state index contributed by atoms with van der Waals surface area (Å²) in [6.07, 6.45) is 83.1. The number of amides is 1. The Bertz CT molecular complexity index is 1670. The van der Waals surface area contributed by atoms with Crippen LogP contribution in [0.5, 0.6) is 0 Å². The van der Waals surface area contributed by atoms with Crippen LogP contribution in [0.1, 0.15) is 335 Å². The van der Waals surface area contributed by atoms with Crippen molar-refractivity contribution in [3.8, 4) is 0 Å². The van der Waals surface area contributed by atoms with Crippen LogP contribution in [0.15, 0.2) is 72.9 Å². The van der Waals surface area contributed by atoms with Gasteiger partial charge in [-0.2, -0.15) is 0 Å². The van der Waals surface area contributed by atoms with E-state index >= 15 is 0 Å². The number of phosphoric ester groups is 1. The lowest BCUT2D eigenvalue weighted by atomic mass is 10.0. The molecule has 84 heavy (non-hydrogen) atoms. The summed E-state index contributed by atoms with van der Waals surface area (Å²) in [4.78, 5) is 40.2. The van der Waals surface area contributed by atoms with Crippen LogP contribution >= 0.6 is 7.82 Å². The number of unbranched alkanes of at least 4 members (excludes halogenated alkanes) is 39. The lowest BCUT2D eigenvalue weighted by Crippen LogP contribution is -2.47. The average molecular weight is 1200 g/mol. The van der Waals surface area contributed by atoms with E-state index < -0.39 is 26.6 Å². The van der Waals surface area contributed by atoms with Crippen molar-refractivity contribution < 1.29 is 37.3 Å². The van der Waals surface area contributed by atoms with Gasteiger partial charge in [0, 0.05) is 12.8 Å². The van der Waals surface area contributed by atoms with Crippen LogP contribution in [0.3, 0.4) is 0 Å². The first-order valence-corrected chi connectivity index (χ1v) is 37.2. The number of likely N-dealkylation sites (N-methyl/N-ethyl adjacent to an activating group) is 1. The second kappa shape index (κ2) is 63.5. The van der Waals surface area contributed by atoms with Gasteiger partial charge in [0.2, 0.25) is 5.91 Å². The van der Waals surface area contributed by atoms with Gasteiger partial charge in [0.25, 0.3) is 7.82 Å². The summed E-state index contributed by atoms with van der Waals surface area (Å²) in [7, 11) is 1.18. The van der Waals surface area contributed by atoms with Gasteiger partial charge in [-0.3, -0.25) is 14.2 Å². The van der Waals surface area contributed by atoms with E-state index in [0.717, 1.165) is 89.9 Å². The Hall–Kier alpha value is -2.55. The first kappa shape index (κ1) is 81.5. The van der Waals surface area contributed by atoms with E-state index in [1.807, 2.05) is 33.3 Å². The number of esters is 1. The highest BCUT2D eigenvalue weighted by Crippen LogP contribution is 2.38. The second-order valence-electron chi connectivity index (χ2n) is 25.4. The maximum Gasteiger partial charge on any atom is 0.306 e. The van der Waals surface area contributed by atoms with Gasteiger partial charge in [-0.1, -0.05) is 293 Å². The number of phosphoric acid groups is 1.